The van der Waals surface area contributed by atoms with E-state index in [9.17, 15) is 4.79 Å². The van der Waals surface area contributed by atoms with Crippen molar-refractivity contribution in [1.82, 2.24) is 24.8 Å². The summed E-state index contributed by atoms with van der Waals surface area (Å²) in [5.41, 5.74) is 4.52. The van der Waals surface area contributed by atoms with Crippen molar-refractivity contribution in [2.45, 2.75) is 19.9 Å². The first-order valence-corrected chi connectivity index (χ1v) is 9.64. The molecule has 2 aromatic heterocycles. The van der Waals surface area contributed by atoms with Crippen LogP contribution in [0, 0.1) is 13.8 Å². The van der Waals surface area contributed by atoms with Gasteiger partial charge in [-0.3, -0.25) is 4.79 Å². The number of imidazole rings is 1. The van der Waals surface area contributed by atoms with Gasteiger partial charge in [0.2, 0.25) is 0 Å². The molecule has 0 saturated carbocycles. The van der Waals surface area contributed by atoms with E-state index < -0.39 is 6.04 Å². The van der Waals surface area contributed by atoms with Crippen LogP contribution in [0.15, 0.2) is 54.9 Å². The van der Waals surface area contributed by atoms with E-state index in [1.165, 1.54) is 0 Å². The lowest BCUT2D eigenvalue weighted by molar-refractivity contribution is 0.0941. The number of carbonyl (C=O) groups excluding carboxylic acids is 1. The molecule has 2 aromatic carbocycles. The molecule has 2 heterocycles. The molecule has 4 aromatic rings. The third kappa shape index (κ3) is 3.61. The lowest BCUT2D eigenvalue weighted by Crippen LogP contribution is -2.31. The number of nitrogens with zero attached hydrogens (tertiary/aromatic N) is 4. The van der Waals surface area contributed by atoms with Crippen LogP contribution in [0.5, 0.6) is 5.75 Å². The summed E-state index contributed by atoms with van der Waals surface area (Å²) in [6.45, 7) is 3.83. The maximum absolute atomic E-state index is 13.2. The minimum atomic E-state index is -0.477. The fourth-order valence-corrected chi connectivity index (χ4v) is 3.43. The van der Waals surface area contributed by atoms with E-state index in [-0.39, 0.29) is 5.91 Å². The molecule has 7 nitrogen and oxygen atoms in total. The van der Waals surface area contributed by atoms with Crippen LogP contribution >= 0.6 is 0 Å². The number of hydrogen-bond donors (Lipinski definition) is 1. The summed E-state index contributed by atoms with van der Waals surface area (Å²) < 4.78 is 7.41. The monoisotopic (exact) mass is 401 g/mol. The zero-order valence-electron chi connectivity index (χ0n) is 17.4. The van der Waals surface area contributed by atoms with Gasteiger partial charge in [0.1, 0.15) is 17.6 Å². The van der Waals surface area contributed by atoms with Crippen molar-refractivity contribution < 1.29 is 9.53 Å². The smallest absolute Gasteiger partial charge is 0.252 e. The summed E-state index contributed by atoms with van der Waals surface area (Å²) in [7, 11) is 3.51. The number of aromatic nitrogens is 4. The predicted octanol–water partition coefficient (Wildman–Crippen LogP) is 3.51. The van der Waals surface area contributed by atoms with Gasteiger partial charge in [0.25, 0.3) is 5.91 Å². The van der Waals surface area contributed by atoms with Gasteiger partial charge in [-0.2, -0.15) is 0 Å². The Hall–Kier alpha value is -3.74. The minimum Gasteiger partial charge on any atom is -0.496 e. The molecule has 1 unspecified atom stereocenters. The summed E-state index contributed by atoms with van der Waals surface area (Å²) in [5.74, 6) is 1.16. The maximum Gasteiger partial charge on any atom is 0.252 e. The molecule has 1 amide bonds. The number of nitrogens with one attached hydrogen (secondary N) is 1. The molecule has 0 radical (unpaired) electrons. The van der Waals surface area contributed by atoms with Crippen LogP contribution in [0.25, 0.3) is 11.0 Å². The van der Waals surface area contributed by atoms with Crippen molar-refractivity contribution in [3.05, 3.63) is 83.2 Å². The Labute approximate surface area is 174 Å². The summed E-state index contributed by atoms with van der Waals surface area (Å²) >= 11 is 0. The number of benzene rings is 2. The number of rotatable bonds is 5. The Balaban J connectivity index is 1.73. The SMILES string of the molecule is COc1ccccc1C(NC(=O)c1ccc2nc(C)c(C)nc2c1)c1nccn1C. The molecular weight excluding hydrogens is 378 g/mol. The van der Waals surface area contributed by atoms with Crippen molar-refractivity contribution in [3.8, 4) is 5.75 Å². The molecule has 0 spiro atoms. The van der Waals surface area contributed by atoms with E-state index in [1.807, 2.05) is 62.0 Å². The van der Waals surface area contributed by atoms with Gasteiger partial charge in [0.15, 0.2) is 0 Å². The summed E-state index contributed by atoms with van der Waals surface area (Å²) in [6, 6.07) is 12.5. The fourth-order valence-electron chi connectivity index (χ4n) is 3.43. The van der Waals surface area contributed by atoms with Gasteiger partial charge >= 0.3 is 0 Å². The standard InChI is InChI=1S/C23H23N5O2/c1-14-15(2)26-19-13-16(9-10-18(19)25-14)23(29)27-21(22-24-11-12-28(22)3)17-7-5-6-8-20(17)30-4/h5-13,21H,1-4H3,(H,27,29). The lowest BCUT2D eigenvalue weighted by Gasteiger charge is -2.21. The van der Waals surface area contributed by atoms with Crippen LogP contribution in [-0.4, -0.2) is 32.5 Å². The Morgan fingerprint density at radius 1 is 1.07 bits per heavy atom. The number of carbonyl (C=O) groups is 1. The molecule has 1 atom stereocenters. The van der Waals surface area contributed by atoms with Crippen molar-refractivity contribution in [1.29, 1.82) is 0 Å². The van der Waals surface area contributed by atoms with E-state index >= 15 is 0 Å². The molecular formula is C23H23N5O2. The molecule has 0 bridgehead atoms. The molecule has 7 heteroatoms. The molecule has 0 fully saturated rings. The zero-order chi connectivity index (χ0) is 21.3. The Morgan fingerprint density at radius 2 is 1.80 bits per heavy atom. The lowest BCUT2D eigenvalue weighted by atomic mass is 10.0. The number of methoxy groups -OCH3 is 1. The third-order valence-corrected chi connectivity index (χ3v) is 5.18. The highest BCUT2D eigenvalue weighted by atomic mass is 16.5. The predicted molar refractivity (Wildman–Crippen MR) is 115 cm³/mol. The summed E-state index contributed by atoms with van der Waals surface area (Å²) in [6.07, 6.45) is 3.56. The van der Waals surface area contributed by atoms with E-state index in [0.29, 0.717) is 22.7 Å². The number of amides is 1. The van der Waals surface area contributed by atoms with E-state index in [0.717, 1.165) is 22.5 Å². The second-order valence-electron chi connectivity index (χ2n) is 7.14. The van der Waals surface area contributed by atoms with Crippen LogP contribution in [0.1, 0.15) is 39.2 Å². The van der Waals surface area contributed by atoms with Gasteiger partial charge in [-0.15, -0.1) is 0 Å². The molecule has 152 valence electrons. The average molecular weight is 401 g/mol. The van der Waals surface area contributed by atoms with E-state index in [2.05, 4.69) is 20.3 Å². The largest absolute Gasteiger partial charge is 0.496 e. The number of para-hydroxylation sites is 1. The number of hydrogen-bond acceptors (Lipinski definition) is 5. The fraction of sp³-hybridized carbons (Fsp3) is 0.217. The van der Waals surface area contributed by atoms with E-state index in [1.54, 1.807) is 25.4 Å². The molecule has 0 aliphatic carbocycles. The first-order chi connectivity index (χ1) is 14.5. The highest BCUT2D eigenvalue weighted by Crippen LogP contribution is 2.29. The molecule has 30 heavy (non-hydrogen) atoms. The van der Waals surface area contributed by atoms with Crippen molar-refractivity contribution in [2.24, 2.45) is 7.05 Å². The van der Waals surface area contributed by atoms with Crippen molar-refractivity contribution >= 4 is 16.9 Å². The summed E-state index contributed by atoms with van der Waals surface area (Å²) in [5, 5.41) is 3.11. The zero-order valence-corrected chi connectivity index (χ0v) is 17.4. The first kappa shape index (κ1) is 19.6. The van der Waals surface area contributed by atoms with Crippen molar-refractivity contribution in [3.63, 3.8) is 0 Å². The Morgan fingerprint density at radius 3 is 2.50 bits per heavy atom. The number of ether oxygens (including phenoxy) is 1. The second-order valence-corrected chi connectivity index (χ2v) is 7.14. The molecule has 0 aliphatic rings. The van der Waals surface area contributed by atoms with Gasteiger partial charge < -0.3 is 14.6 Å². The van der Waals surface area contributed by atoms with Crippen LogP contribution in [0.3, 0.4) is 0 Å². The summed E-state index contributed by atoms with van der Waals surface area (Å²) in [4.78, 5) is 26.8. The Kier molecular flexibility index (Phi) is 5.18. The van der Waals surface area contributed by atoms with Gasteiger partial charge in [-0.1, -0.05) is 18.2 Å². The molecule has 1 N–H and O–H groups in total. The Bertz CT molecular complexity index is 1230. The second kappa shape index (κ2) is 7.94. The minimum absolute atomic E-state index is 0.226. The van der Waals surface area contributed by atoms with Crippen LogP contribution in [0.4, 0.5) is 0 Å². The molecule has 4 rings (SSSR count). The van der Waals surface area contributed by atoms with Gasteiger partial charge in [-0.05, 0) is 38.1 Å². The molecule has 0 aliphatic heterocycles. The third-order valence-electron chi connectivity index (χ3n) is 5.18. The maximum atomic E-state index is 13.2. The first-order valence-electron chi connectivity index (χ1n) is 9.64. The number of fused-ring (bicyclic) bond motifs is 1. The topological polar surface area (TPSA) is 81.9 Å². The van der Waals surface area contributed by atoms with Crippen molar-refractivity contribution in [2.75, 3.05) is 7.11 Å². The quantitative estimate of drug-likeness (QED) is 0.553. The van der Waals surface area contributed by atoms with Gasteiger partial charge in [0.05, 0.1) is 29.5 Å². The van der Waals surface area contributed by atoms with Crippen LogP contribution in [-0.2, 0) is 7.05 Å². The van der Waals surface area contributed by atoms with Crippen LogP contribution in [0.2, 0.25) is 0 Å². The highest BCUT2D eigenvalue weighted by Gasteiger charge is 2.24. The van der Waals surface area contributed by atoms with Gasteiger partial charge in [0, 0.05) is 30.6 Å². The normalized spacial score (nSPS) is 12.0. The average Bonchev–Trinajstić information content (AvgIpc) is 3.18. The van der Waals surface area contributed by atoms with Crippen LogP contribution < -0.4 is 10.1 Å². The number of aryl methyl sites for hydroxylation is 3. The highest BCUT2D eigenvalue weighted by molar-refractivity contribution is 5.97. The van der Waals surface area contributed by atoms with E-state index in [4.69, 9.17) is 4.74 Å². The van der Waals surface area contributed by atoms with Gasteiger partial charge in [-0.25, -0.2) is 15.0 Å². The molecule has 0 saturated heterocycles.